The zero-order chi connectivity index (χ0) is 8.55. The molecule has 12 heavy (non-hydrogen) atoms. The molecule has 0 spiro atoms. The molecule has 2 saturated carbocycles. The zero-order valence-electron chi connectivity index (χ0n) is 7.45. The second kappa shape index (κ2) is 3.35. The molecule has 0 heterocycles. The summed E-state index contributed by atoms with van der Waals surface area (Å²) in [5.74, 6) is 0.810. The highest BCUT2D eigenvalue weighted by atomic mass is 16.3. The Kier molecular flexibility index (Phi) is 2.37. The van der Waals surface area contributed by atoms with E-state index in [4.69, 9.17) is 0 Å². The van der Waals surface area contributed by atoms with E-state index in [1.165, 1.54) is 0 Å². The smallest absolute Gasteiger partial charge is 0.0572 e. The first kappa shape index (κ1) is 8.52. The van der Waals surface area contributed by atoms with E-state index in [0.29, 0.717) is 11.8 Å². The maximum Gasteiger partial charge on any atom is 0.0572 e. The summed E-state index contributed by atoms with van der Waals surface area (Å²) in [6.07, 6.45) is 6.10. The molecular weight excluding hydrogens is 152 g/mol. The van der Waals surface area contributed by atoms with Crippen LogP contribution >= 0.6 is 0 Å². The van der Waals surface area contributed by atoms with Crippen molar-refractivity contribution in [1.82, 2.24) is 0 Å². The highest BCUT2D eigenvalue weighted by molar-refractivity contribution is 4.89. The topological polar surface area (TPSA) is 40.5 Å². The molecule has 0 aliphatic heterocycles. The monoisotopic (exact) mass is 170 g/mol. The molecule has 4 atom stereocenters. The molecule has 2 rings (SSSR count). The van der Waals surface area contributed by atoms with Crippen molar-refractivity contribution in [2.75, 3.05) is 0 Å². The van der Waals surface area contributed by atoms with Gasteiger partial charge in [-0.2, -0.15) is 0 Å². The first-order valence-corrected chi connectivity index (χ1v) is 5.15. The van der Waals surface area contributed by atoms with Crippen molar-refractivity contribution in [3.8, 4) is 0 Å². The normalized spacial score (nSPS) is 48.5. The number of aliphatic hydroxyl groups is 2. The molecule has 2 nitrogen and oxygen atoms in total. The molecule has 2 heteroatoms. The van der Waals surface area contributed by atoms with Crippen LogP contribution in [0.1, 0.15) is 38.5 Å². The van der Waals surface area contributed by atoms with Gasteiger partial charge in [-0.3, -0.25) is 0 Å². The van der Waals surface area contributed by atoms with E-state index in [1.807, 2.05) is 0 Å². The fourth-order valence-corrected chi connectivity index (χ4v) is 2.94. The fourth-order valence-electron chi connectivity index (χ4n) is 2.94. The van der Waals surface area contributed by atoms with Gasteiger partial charge in [0.2, 0.25) is 0 Å². The second-order valence-electron chi connectivity index (χ2n) is 4.32. The molecule has 0 aromatic carbocycles. The first-order valence-electron chi connectivity index (χ1n) is 5.15. The number of hydrogen-bond acceptors (Lipinski definition) is 2. The van der Waals surface area contributed by atoms with E-state index >= 15 is 0 Å². The van der Waals surface area contributed by atoms with Gasteiger partial charge in [0.1, 0.15) is 0 Å². The van der Waals surface area contributed by atoms with E-state index < -0.39 is 0 Å². The third-order valence-electron chi connectivity index (χ3n) is 3.61. The van der Waals surface area contributed by atoms with Crippen LogP contribution in [0.4, 0.5) is 0 Å². The summed E-state index contributed by atoms with van der Waals surface area (Å²) in [5, 5.41) is 19.4. The summed E-state index contributed by atoms with van der Waals surface area (Å²) in [6, 6.07) is 0. The van der Waals surface area contributed by atoms with Crippen molar-refractivity contribution in [2.45, 2.75) is 50.7 Å². The molecule has 2 fully saturated rings. The maximum absolute atomic E-state index is 9.71. The Morgan fingerprint density at radius 3 is 1.50 bits per heavy atom. The van der Waals surface area contributed by atoms with Gasteiger partial charge < -0.3 is 10.2 Å². The minimum absolute atomic E-state index is 0.126. The largest absolute Gasteiger partial charge is 0.393 e. The predicted molar refractivity (Wildman–Crippen MR) is 46.7 cm³/mol. The Balaban J connectivity index is 2.05. The number of aliphatic hydroxyl groups excluding tert-OH is 2. The molecule has 0 unspecified atom stereocenters. The van der Waals surface area contributed by atoms with Crippen molar-refractivity contribution in [3.05, 3.63) is 0 Å². The Bertz CT molecular complexity index is 140. The maximum atomic E-state index is 9.71. The Hall–Kier alpha value is -0.0800. The predicted octanol–water partition coefficient (Wildman–Crippen LogP) is 1.31. The van der Waals surface area contributed by atoms with Gasteiger partial charge >= 0.3 is 0 Å². The second-order valence-corrected chi connectivity index (χ2v) is 4.32. The van der Waals surface area contributed by atoms with Crippen LogP contribution in [0.15, 0.2) is 0 Å². The average Bonchev–Trinajstić information content (AvgIpc) is 2.07. The van der Waals surface area contributed by atoms with E-state index in [1.54, 1.807) is 0 Å². The standard InChI is InChI=1S/C10H18O2/c11-9-5-1-3-7-8(9)4-2-6-10(7)12/h7-12H,1-6H2/t7-,8-,9-,10-/m0/s1. The SMILES string of the molecule is O[C@H]1CCC[C@H]2[C@@H]1CCC[C@@H]2O. The van der Waals surface area contributed by atoms with Crippen molar-refractivity contribution in [1.29, 1.82) is 0 Å². The van der Waals surface area contributed by atoms with Crippen LogP contribution in [0.2, 0.25) is 0 Å². The Labute approximate surface area is 73.6 Å². The number of fused-ring (bicyclic) bond motifs is 1. The number of hydrogen-bond donors (Lipinski definition) is 2. The first-order chi connectivity index (χ1) is 5.79. The Morgan fingerprint density at radius 2 is 1.08 bits per heavy atom. The van der Waals surface area contributed by atoms with Gasteiger partial charge in [-0.1, -0.05) is 12.8 Å². The van der Waals surface area contributed by atoms with Gasteiger partial charge in [-0.05, 0) is 37.5 Å². The van der Waals surface area contributed by atoms with Crippen LogP contribution in [-0.4, -0.2) is 22.4 Å². The molecule has 2 aliphatic carbocycles. The van der Waals surface area contributed by atoms with E-state index in [-0.39, 0.29) is 12.2 Å². The third kappa shape index (κ3) is 1.38. The zero-order valence-corrected chi connectivity index (χ0v) is 7.45. The van der Waals surface area contributed by atoms with Crippen LogP contribution in [-0.2, 0) is 0 Å². The van der Waals surface area contributed by atoms with E-state index in [9.17, 15) is 10.2 Å². The van der Waals surface area contributed by atoms with Gasteiger partial charge in [-0.25, -0.2) is 0 Å². The molecule has 70 valence electrons. The third-order valence-corrected chi connectivity index (χ3v) is 3.61. The molecule has 0 aromatic heterocycles. The van der Waals surface area contributed by atoms with Gasteiger partial charge in [-0.15, -0.1) is 0 Å². The van der Waals surface area contributed by atoms with Gasteiger partial charge in [0.15, 0.2) is 0 Å². The van der Waals surface area contributed by atoms with Crippen LogP contribution in [0.25, 0.3) is 0 Å². The van der Waals surface area contributed by atoms with Gasteiger partial charge in [0.25, 0.3) is 0 Å². The van der Waals surface area contributed by atoms with Crippen LogP contribution in [0, 0.1) is 11.8 Å². The molecule has 0 radical (unpaired) electrons. The molecule has 0 amide bonds. The van der Waals surface area contributed by atoms with Crippen molar-refractivity contribution < 1.29 is 10.2 Å². The highest BCUT2D eigenvalue weighted by Crippen LogP contribution is 2.40. The fraction of sp³-hybridized carbons (Fsp3) is 1.00. The van der Waals surface area contributed by atoms with E-state index in [2.05, 4.69) is 0 Å². The Morgan fingerprint density at radius 1 is 0.667 bits per heavy atom. The molecule has 0 bridgehead atoms. The van der Waals surface area contributed by atoms with E-state index in [0.717, 1.165) is 38.5 Å². The lowest BCUT2D eigenvalue weighted by Crippen LogP contribution is -2.41. The molecule has 0 aromatic rings. The molecule has 2 N–H and O–H groups in total. The summed E-state index contributed by atoms with van der Waals surface area (Å²) in [5.41, 5.74) is 0. The summed E-state index contributed by atoms with van der Waals surface area (Å²) >= 11 is 0. The molecule has 0 saturated heterocycles. The van der Waals surface area contributed by atoms with Crippen LogP contribution in [0.5, 0.6) is 0 Å². The van der Waals surface area contributed by atoms with Crippen LogP contribution in [0.3, 0.4) is 0 Å². The minimum atomic E-state index is -0.126. The lowest BCUT2D eigenvalue weighted by molar-refractivity contribution is -0.0529. The quantitative estimate of drug-likeness (QED) is 0.575. The lowest BCUT2D eigenvalue weighted by atomic mass is 9.68. The van der Waals surface area contributed by atoms with Crippen LogP contribution < -0.4 is 0 Å². The minimum Gasteiger partial charge on any atom is -0.393 e. The molecular formula is C10H18O2. The summed E-state index contributed by atoms with van der Waals surface area (Å²) in [4.78, 5) is 0. The highest BCUT2D eigenvalue weighted by Gasteiger charge is 2.38. The van der Waals surface area contributed by atoms with Crippen molar-refractivity contribution in [3.63, 3.8) is 0 Å². The van der Waals surface area contributed by atoms with Gasteiger partial charge in [0.05, 0.1) is 12.2 Å². The summed E-state index contributed by atoms with van der Waals surface area (Å²) in [7, 11) is 0. The molecule has 2 aliphatic rings. The van der Waals surface area contributed by atoms with Crippen molar-refractivity contribution in [2.24, 2.45) is 11.8 Å². The average molecular weight is 170 g/mol. The summed E-state index contributed by atoms with van der Waals surface area (Å²) in [6.45, 7) is 0. The van der Waals surface area contributed by atoms with Crippen molar-refractivity contribution >= 4 is 0 Å². The summed E-state index contributed by atoms with van der Waals surface area (Å²) < 4.78 is 0. The lowest BCUT2D eigenvalue weighted by Gasteiger charge is -2.41. The van der Waals surface area contributed by atoms with Gasteiger partial charge in [0, 0.05) is 0 Å². The number of rotatable bonds is 0.